The zero-order valence-electron chi connectivity index (χ0n) is 23.2. The van der Waals surface area contributed by atoms with Crippen LogP contribution in [0.15, 0.2) is 0 Å². The highest BCUT2D eigenvalue weighted by Gasteiger charge is 2.70. The number of alkyl halides is 6. The van der Waals surface area contributed by atoms with Crippen LogP contribution in [-0.2, 0) is 28.7 Å². The van der Waals surface area contributed by atoms with Gasteiger partial charge in [0.2, 0.25) is 17.7 Å². The van der Waals surface area contributed by atoms with Crippen molar-refractivity contribution in [3.05, 3.63) is 0 Å². The van der Waals surface area contributed by atoms with Gasteiger partial charge in [0, 0.05) is 19.0 Å². The standard InChI is InChI=1S/C25H34F6N4O6/c1-22(2,3)17(34-21(40)24(26,27)28)20(39)35-9-12-15(23(12,4)5)16(35)19(38)33-13(8-11-6-7-32-18(11)37)14(36)10-41-25(29,30)31/h11-13,15-17H,6-10H2,1-5H3,(H,32,37)(H,33,38)(H,34,40)/t11-,12-,13-,15-,16-,17+/m0/s1. The van der Waals surface area contributed by atoms with Gasteiger partial charge in [-0.1, -0.05) is 34.6 Å². The Morgan fingerprint density at radius 3 is 2.17 bits per heavy atom. The number of rotatable bonds is 9. The molecule has 3 fully saturated rings. The van der Waals surface area contributed by atoms with Crippen molar-refractivity contribution >= 4 is 29.4 Å². The Balaban J connectivity index is 1.87. The maximum Gasteiger partial charge on any atom is 0.522 e. The lowest BCUT2D eigenvalue weighted by Crippen LogP contribution is -2.61. The van der Waals surface area contributed by atoms with Crippen molar-refractivity contribution in [1.29, 1.82) is 0 Å². The monoisotopic (exact) mass is 600 g/mol. The van der Waals surface area contributed by atoms with Crippen molar-refractivity contribution < 1.29 is 55.1 Å². The summed E-state index contributed by atoms with van der Waals surface area (Å²) >= 11 is 0. The third-order valence-electron chi connectivity index (χ3n) is 8.17. The zero-order valence-corrected chi connectivity index (χ0v) is 23.2. The minimum atomic E-state index is -5.27. The normalized spacial score (nSPS) is 27.0. The fraction of sp³-hybridized carbons (Fsp3) is 0.800. The van der Waals surface area contributed by atoms with Crippen LogP contribution < -0.4 is 16.0 Å². The number of ether oxygens (including phenoxy) is 1. The van der Waals surface area contributed by atoms with Crippen LogP contribution in [0, 0.1) is 28.6 Å². The van der Waals surface area contributed by atoms with E-state index in [1.54, 1.807) is 5.32 Å². The van der Waals surface area contributed by atoms with Gasteiger partial charge in [-0.3, -0.25) is 28.7 Å². The first-order chi connectivity index (χ1) is 18.6. The number of fused-ring (bicyclic) bond motifs is 1. The van der Waals surface area contributed by atoms with E-state index in [0.29, 0.717) is 0 Å². The maximum atomic E-state index is 13.6. The van der Waals surface area contributed by atoms with Crippen molar-refractivity contribution in [2.24, 2.45) is 28.6 Å². The van der Waals surface area contributed by atoms with E-state index < -0.39 is 89.3 Å². The molecule has 1 saturated carbocycles. The molecule has 0 bridgehead atoms. The van der Waals surface area contributed by atoms with Crippen LogP contribution in [0.5, 0.6) is 0 Å². The first kappa shape index (κ1) is 32.6. The Labute approximate surface area is 232 Å². The van der Waals surface area contributed by atoms with E-state index in [0.717, 1.165) is 4.90 Å². The van der Waals surface area contributed by atoms with Crippen LogP contribution in [0.3, 0.4) is 0 Å². The van der Waals surface area contributed by atoms with Gasteiger partial charge in [-0.2, -0.15) is 13.2 Å². The van der Waals surface area contributed by atoms with Gasteiger partial charge in [-0.15, -0.1) is 13.2 Å². The summed E-state index contributed by atoms with van der Waals surface area (Å²) in [5.41, 5.74) is -1.67. The molecule has 1 aliphatic carbocycles. The number of amides is 4. The van der Waals surface area contributed by atoms with Gasteiger partial charge in [0.1, 0.15) is 18.7 Å². The number of nitrogens with one attached hydrogen (secondary N) is 3. The third-order valence-corrected chi connectivity index (χ3v) is 8.17. The minimum Gasteiger partial charge on any atom is -0.356 e. The molecule has 0 aromatic heterocycles. The van der Waals surface area contributed by atoms with Crippen LogP contribution in [0.4, 0.5) is 26.3 Å². The highest BCUT2D eigenvalue weighted by Crippen LogP contribution is 2.65. The molecular formula is C25H34F6N4O6. The summed E-state index contributed by atoms with van der Waals surface area (Å²) in [6, 6.07) is -4.53. The molecular weight excluding hydrogens is 566 g/mol. The van der Waals surface area contributed by atoms with Crippen LogP contribution in [0.25, 0.3) is 0 Å². The number of piperidine rings is 1. The summed E-state index contributed by atoms with van der Waals surface area (Å²) in [6.45, 7) is 6.77. The molecule has 2 heterocycles. The molecule has 6 atom stereocenters. The lowest BCUT2D eigenvalue weighted by atomic mass is 9.85. The van der Waals surface area contributed by atoms with Crippen molar-refractivity contribution in [3.8, 4) is 0 Å². The van der Waals surface area contributed by atoms with E-state index in [-0.39, 0.29) is 31.8 Å². The molecule has 0 radical (unpaired) electrons. The molecule has 4 amide bonds. The Bertz CT molecular complexity index is 1090. The molecule has 3 aliphatic rings. The number of nitrogens with zero attached hydrogens (tertiary/aromatic N) is 1. The number of halogens is 6. The van der Waals surface area contributed by atoms with Crippen molar-refractivity contribution in [3.63, 3.8) is 0 Å². The van der Waals surface area contributed by atoms with Gasteiger partial charge in [-0.25, -0.2) is 0 Å². The van der Waals surface area contributed by atoms with E-state index >= 15 is 0 Å². The first-order valence-corrected chi connectivity index (χ1v) is 13.1. The third kappa shape index (κ3) is 7.30. The van der Waals surface area contributed by atoms with E-state index in [1.807, 2.05) is 13.8 Å². The predicted octanol–water partition coefficient (Wildman–Crippen LogP) is 1.68. The number of carbonyl (C=O) groups excluding carboxylic acids is 5. The number of hydrogen-bond acceptors (Lipinski definition) is 6. The zero-order chi connectivity index (χ0) is 31.3. The number of Topliss-reactive ketones (excluding diaryl/α,β-unsaturated/α-hetero) is 1. The summed E-state index contributed by atoms with van der Waals surface area (Å²) in [4.78, 5) is 64.8. The second-order valence-electron chi connectivity index (χ2n) is 12.4. The van der Waals surface area contributed by atoms with Crippen LogP contribution in [0.1, 0.15) is 47.5 Å². The van der Waals surface area contributed by atoms with Gasteiger partial charge in [-0.05, 0) is 35.5 Å². The van der Waals surface area contributed by atoms with Crippen LogP contribution in [0.2, 0.25) is 0 Å². The molecule has 0 aromatic rings. The van der Waals surface area contributed by atoms with Crippen LogP contribution in [-0.4, -0.2) is 84.7 Å². The van der Waals surface area contributed by atoms with Gasteiger partial charge in [0.05, 0.1) is 6.04 Å². The summed E-state index contributed by atoms with van der Waals surface area (Å²) < 4.78 is 80.5. The Kier molecular flexibility index (Phi) is 8.79. The fourth-order valence-corrected chi connectivity index (χ4v) is 5.78. The predicted molar refractivity (Wildman–Crippen MR) is 128 cm³/mol. The number of hydrogen-bond donors (Lipinski definition) is 3. The number of carbonyl (C=O) groups is 5. The second-order valence-corrected chi connectivity index (χ2v) is 12.4. The molecule has 2 saturated heterocycles. The van der Waals surface area contributed by atoms with E-state index in [1.165, 1.54) is 20.8 Å². The molecule has 0 spiro atoms. The minimum absolute atomic E-state index is 0.0239. The SMILES string of the molecule is CC(C)(C)[C@H](NC(=O)C(F)(F)F)C(=O)N1C[C@H]2[C@@H]([C@H]1C(=O)N[C@@H](C[C@@H]1CCNC1=O)C(=O)COC(F)(F)F)C2(C)C. The number of likely N-dealkylation sites (tertiary alicyclic amines) is 1. The van der Waals surface area contributed by atoms with Gasteiger partial charge in [0.25, 0.3) is 0 Å². The van der Waals surface area contributed by atoms with Crippen molar-refractivity contribution in [2.45, 2.75) is 78.1 Å². The van der Waals surface area contributed by atoms with Crippen molar-refractivity contribution in [2.75, 3.05) is 19.7 Å². The van der Waals surface area contributed by atoms with E-state index in [4.69, 9.17) is 0 Å². The summed E-state index contributed by atoms with van der Waals surface area (Å²) in [5, 5.41) is 6.64. The molecule has 2 aliphatic heterocycles. The van der Waals surface area contributed by atoms with Gasteiger partial charge >= 0.3 is 18.4 Å². The average Bonchev–Trinajstić information content (AvgIpc) is 3.17. The molecule has 3 rings (SSSR count). The number of ketones is 1. The van der Waals surface area contributed by atoms with Crippen LogP contribution >= 0.6 is 0 Å². The molecule has 232 valence electrons. The van der Waals surface area contributed by atoms with Gasteiger partial charge < -0.3 is 20.9 Å². The fourth-order valence-electron chi connectivity index (χ4n) is 5.78. The molecule has 0 aromatic carbocycles. The molecule has 0 unspecified atom stereocenters. The summed E-state index contributed by atoms with van der Waals surface area (Å²) in [6.07, 6.45) is -10.4. The van der Waals surface area contributed by atoms with E-state index in [2.05, 4.69) is 15.4 Å². The quantitative estimate of drug-likeness (QED) is 0.345. The largest absolute Gasteiger partial charge is 0.522 e. The Hall–Kier alpha value is -2.91. The summed E-state index contributed by atoms with van der Waals surface area (Å²) in [5.74, 6) is -7.25. The molecule has 3 N–H and O–H groups in total. The Morgan fingerprint density at radius 2 is 1.68 bits per heavy atom. The second kappa shape index (κ2) is 11.1. The maximum absolute atomic E-state index is 13.6. The first-order valence-electron chi connectivity index (χ1n) is 13.1. The lowest BCUT2D eigenvalue weighted by molar-refractivity contribution is -0.321. The van der Waals surface area contributed by atoms with E-state index in [9.17, 15) is 50.3 Å². The molecule has 16 heteroatoms. The smallest absolute Gasteiger partial charge is 0.356 e. The van der Waals surface area contributed by atoms with Crippen molar-refractivity contribution in [1.82, 2.24) is 20.9 Å². The lowest BCUT2D eigenvalue weighted by Gasteiger charge is -2.38. The highest BCUT2D eigenvalue weighted by atomic mass is 19.4. The van der Waals surface area contributed by atoms with Gasteiger partial charge in [0.15, 0.2) is 5.78 Å². The Morgan fingerprint density at radius 1 is 1.07 bits per heavy atom. The summed E-state index contributed by atoms with van der Waals surface area (Å²) in [7, 11) is 0. The molecule has 41 heavy (non-hydrogen) atoms. The highest BCUT2D eigenvalue weighted by molar-refractivity contribution is 5.97. The molecule has 10 nitrogen and oxygen atoms in total. The average molecular weight is 601 g/mol. The topological polar surface area (TPSA) is 134 Å².